The molecule has 6 rings (SSSR count). The monoisotopic (exact) mass is 448 g/mol. The molecular weight excluding hydrogens is 424 g/mol. The van der Waals surface area contributed by atoms with Gasteiger partial charge in [0, 0.05) is 23.0 Å². The number of aryl methyl sites for hydroxylation is 1. The van der Waals surface area contributed by atoms with E-state index in [4.69, 9.17) is 0 Å². The number of fused-ring (bicyclic) bond motifs is 4. The highest BCUT2D eigenvalue weighted by atomic mass is 16.2. The van der Waals surface area contributed by atoms with Gasteiger partial charge >= 0.3 is 0 Å². The summed E-state index contributed by atoms with van der Waals surface area (Å²) < 4.78 is 0. The van der Waals surface area contributed by atoms with Gasteiger partial charge in [-0.3, -0.25) is 9.59 Å². The maximum atomic E-state index is 13.7. The van der Waals surface area contributed by atoms with E-state index in [1.54, 1.807) is 11.1 Å². The van der Waals surface area contributed by atoms with Crippen LogP contribution in [-0.4, -0.2) is 45.5 Å². The van der Waals surface area contributed by atoms with Gasteiger partial charge in [0.15, 0.2) is 0 Å². The fourth-order valence-corrected chi connectivity index (χ4v) is 5.19. The Bertz CT molecular complexity index is 1440. The van der Waals surface area contributed by atoms with Crippen LogP contribution in [0.15, 0.2) is 84.0 Å². The molecule has 34 heavy (non-hydrogen) atoms. The van der Waals surface area contributed by atoms with Crippen molar-refractivity contribution in [2.45, 2.75) is 25.4 Å². The lowest BCUT2D eigenvalue weighted by atomic mass is 9.86. The molecule has 1 N–H and O–H groups in total. The summed E-state index contributed by atoms with van der Waals surface area (Å²) in [7, 11) is 0. The second kappa shape index (κ2) is 7.99. The smallest absolute Gasteiger partial charge is 0.266 e. The molecule has 0 aliphatic carbocycles. The first-order chi connectivity index (χ1) is 16.6. The van der Waals surface area contributed by atoms with Gasteiger partial charge < -0.3 is 9.88 Å². The van der Waals surface area contributed by atoms with Crippen molar-refractivity contribution in [3.05, 3.63) is 107 Å². The van der Waals surface area contributed by atoms with Crippen LogP contribution in [-0.2, 0) is 16.0 Å². The van der Waals surface area contributed by atoms with E-state index in [9.17, 15) is 9.59 Å². The average Bonchev–Trinajstić information content (AvgIpc) is 3.24. The van der Waals surface area contributed by atoms with Crippen LogP contribution in [0.5, 0.6) is 0 Å². The van der Waals surface area contributed by atoms with Gasteiger partial charge in [0.1, 0.15) is 12.6 Å². The highest BCUT2D eigenvalue weighted by Crippen LogP contribution is 2.42. The first kappa shape index (κ1) is 20.4. The molecule has 6 heteroatoms. The molecule has 1 aromatic heterocycles. The van der Waals surface area contributed by atoms with E-state index in [0.29, 0.717) is 6.42 Å². The molecule has 6 nitrogen and oxygen atoms in total. The van der Waals surface area contributed by atoms with E-state index < -0.39 is 6.04 Å². The van der Waals surface area contributed by atoms with E-state index in [-0.39, 0.29) is 24.4 Å². The third kappa shape index (κ3) is 3.22. The molecule has 2 atom stereocenters. The number of hydrogen-bond donors (Lipinski definition) is 1. The number of amides is 2. The zero-order chi connectivity index (χ0) is 23.2. The van der Waals surface area contributed by atoms with Crippen molar-refractivity contribution in [3.8, 4) is 0 Å². The molecule has 0 spiro atoms. The number of H-pyrrole nitrogens is 1. The first-order valence-electron chi connectivity index (χ1n) is 11.5. The van der Waals surface area contributed by atoms with E-state index in [1.807, 2.05) is 79.7 Å². The number of piperazine rings is 1. The fourth-order valence-electron chi connectivity index (χ4n) is 5.19. The Balaban J connectivity index is 1.44. The van der Waals surface area contributed by atoms with E-state index in [2.05, 4.69) is 16.2 Å². The fraction of sp³-hybridized carbons (Fsp3) is 0.179. The maximum Gasteiger partial charge on any atom is 0.266 e. The number of aromatic amines is 1. The maximum absolute atomic E-state index is 13.7. The van der Waals surface area contributed by atoms with Crippen molar-refractivity contribution in [1.82, 2.24) is 14.9 Å². The quantitative estimate of drug-likeness (QED) is 0.478. The number of nitrogens with one attached hydrogen (secondary N) is 1. The third-order valence-electron chi connectivity index (χ3n) is 6.88. The predicted molar refractivity (Wildman–Crippen MR) is 131 cm³/mol. The Morgan fingerprint density at radius 1 is 0.941 bits per heavy atom. The summed E-state index contributed by atoms with van der Waals surface area (Å²) in [6.07, 6.45) is 2.13. The molecule has 3 heterocycles. The Hall–Kier alpha value is -4.19. The highest BCUT2D eigenvalue weighted by Gasteiger charge is 2.48. The predicted octanol–water partition coefficient (Wildman–Crippen LogP) is 4.20. The number of hydrazone groups is 1. The molecule has 4 aromatic rings. The number of nitrogens with zero attached hydrogens (tertiary/aromatic N) is 3. The lowest BCUT2D eigenvalue weighted by Crippen LogP contribution is -2.61. The molecule has 1 fully saturated rings. The van der Waals surface area contributed by atoms with Crippen LogP contribution in [0.4, 0.5) is 0 Å². The van der Waals surface area contributed by atoms with Crippen LogP contribution in [0.2, 0.25) is 0 Å². The molecule has 0 bridgehead atoms. The van der Waals surface area contributed by atoms with Crippen LogP contribution >= 0.6 is 0 Å². The van der Waals surface area contributed by atoms with Crippen molar-refractivity contribution < 1.29 is 9.59 Å². The lowest BCUT2D eigenvalue weighted by molar-refractivity contribution is -0.158. The minimum absolute atomic E-state index is 0.0728. The molecule has 2 amide bonds. The second-order valence-electron chi connectivity index (χ2n) is 8.89. The number of para-hydroxylation sites is 1. The Morgan fingerprint density at radius 2 is 1.68 bits per heavy atom. The van der Waals surface area contributed by atoms with Crippen molar-refractivity contribution >= 4 is 28.9 Å². The minimum Gasteiger partial charge on any atom is -0.356 e. The summed E-state index contributed by atoms with van der Waals surface area (Å²) in [6, 6.07) is 24.9. The number of hydrogen-bond acceptors (Lipinski definition) is 3. The number of rotatable bonds is 3. The van der Waals surface area contributed by atoms with Gasteiger partial charge in [0.2, 0.25) is 5.91 Å². The van der Waals surface area contributed by atoms with E-state index in [1.165, 1.54) is 5.01 Å². The van der Waals surface area contributed by atoms with Crippen LogP contribution in [0, 0.1) is 6.92 Å². The summed E-state index contributed by atoms with van der Waals surface area (Å²) in [5.41, 5.74) is 6.07. The van der Waals surface area contributed by atoms with Crippen molar-refractivity contribution in [2.75, 3.05) is 6.54 Å². The number of benzene rings is 3. The number of carbonyl (C=O) groups is 2. The first-order valence-corrected chi connectivity index (χ1v) is 11.5. The zero-order valence-electron chi connectivity index (χ0n) is 18.8. The molecular formula is C28H24N4O2. The Morgan fingerprint density at radius 3 is 2.50 bits per heavy atom. The summed E-state index contributed by atoms with van der Waals surface area (Å²) >= 11 is 0. The molecule has 0 saturated carbocycles. The lowest BCUT2D eigenvalue weighted by Gasteiger charge is -2.45. The standard InChI is InChI=1S/C28H24N4O2/c1-18-9-5-6-12-20(18)16-29-31-17-25(33)32-24(28(31)34)15-22-21-13-7-8-14-23(21)30-26(22)27(32)19-10-3-2-4-11-19/h2-14,16,24,27,30H,15,17H2,1H3. The second-order valence-corrected chi connectivity index (χ2v) is 8.89. The Labute approximate surface area is 197 Å². The zero-order valence-corrected chi connectivity index (χ0v) is 18.8. The van der Waals surface area contributed by atoms with Gasteiger partial charge in [-0.05, 0) is 35.2 Å². The molecule has 1 saturated heterocycles. The normalized spacial score (nSPS) is 20.1. The van der Waals surface area contributed by atoms with Crippen LogP contribution in [0.25, 0.3) is 10.9 Å². The largest absolute Gasteiger partial charge is 0.356 e. The molecule has 2 aliphatic heterocycles. The van der Waals surface area contributed by atoms with Gasteiger partial charge in [-0.15, -0.1) is 0 Å². The number of carbonyl (C=O) groups excluding carboxylic acids is 2. The molecule has 3 aromatic carbocycles. The molecule has 2 unspecified atom stereocenters. The van der Waals surface area contributed by atoms with Gasteiger partial charge in [-0.25, -0.2) is 5.01 Å². The third-order valence-corrected chi connectivity index (χ3v) is 6.88. The van der Waals surface area contributed by atoms with Gasteiger partial charge in [0.25, 0.3) is 5.91 Å². The van der Waals surface area contributed by atoms with Crippen molar-refractivity contribution in [2.24, 2.45) is 5.10 Å². The summed E-state index contributed by atoms with van der Waals surface area (Å²) in [5, 5.41) is 6.87. The average molecular weight is 449 g/mol. The molecule has 0 radical (unpaired) electrons. The van der Waals surface area contributed by atoms with Crippen LogP contribution in [0.3, 0.4) is 0 Å². The van der Waals surface area contributed by atoms with Crippen LogP contribution < -0.4 is 0 Å². The van der Waals surface area contributed by atoms with Gasteiger partial charge in [-0.1, -0.05) is 72.8 Å². The van der Waals surface area contributed by atoms with Crippen molar-refractivity contribution in [3.63, 3.8) is 0 Å². The summed E-state index contributed by atoms with van der Waals surface area (Å²) in [5.74, 6) is -0.258. The summed E-state index contributed by atoms with van der Waals surface area (Å²) in [6.45, 7) is 1.92. The minimum atomic E-state index is -0.604. The van der Waals surface area contributed by atoms with Gasteiger partial charge in [-0.2, -0.15) is 5.10 Å². The van der Waals surface area contributed by atoms with Crippen LogP contribution in [0.1, 0.15) is 34.0 Å². The Kier molecular flexibility index (Phi) is 4.80. The van der Waals surface area contributed by atoms with Crippen molar-refractivity contribution in [1.29, 1.82) is 0 Å². The SMILES string of the molecule is Cc1ccccc1C=NN1CC(=O)N2C(Cc3c([nH]c4ccccc34)C2c2ccccc2)C1=O. The number of aromatic nitrogens is 1. The summed E-state index contributed by atoms with van der Waals surface area (Å²) in [4.78, 5) is 32.5. The molecule has 168 valence electrons. The van der Waals surface area contributed by atoms with E-state index in [0.717, 1.165) is 38.9 Å². The molecule has 2 aliphatic rings. The van der Waals surface area contributed by atoms with Gasteiger partial charge in [0.05, 0.1) is 12.3 Å². The van der Waals surface area contributed by atoms with E-state index >= 15 is 0 Å². The topological polar surface area (TPSA) is 68.8 Å². The highest BCUT2D eigenvalue weighted by molar-refractivity contribution is 5.98.